The molecule has 0 saturated carbocycles. The number of pyridine rings is 2. The van der Waals surface area contributed by atoms with Crippen molar-refractivity contribution in [3.63, 3.8) is 0 Å². The fraction of sp³-hybridized carbons (Fsp3) is 0.0526. The minimum Gasteiger partial charge on any atom is -0.360 e. The molecule has 0 saturated heterocycles. The predicted octanol–water partition coefficient (Wildman–Crippen LogP) is 3.12. The summed E-state index contributed by atoms with van der Waals surface area (Å²) in [6.07, 6.45) is 5.26. The molecule has 26 heavy (non-hydrogen) atoms. The largest absolute Gasteiger partial charge is 0.360 e. The van der Waals surface area contributed by atoms with Gasteiger partial charge < -0.3 is 10.3 Å². The molecular weight excluding hydrogens is 328 g/mol. The van der Waals surface area contributed by atoms with Crippen LogP contribution in [0.25, 0.3) is 22.8 Å². The lowest BCUT2D eigenvalue weighted by Gasteiger charge is -2.06. The van der Waals surface area contributed by atoms with Gasteiger partial charge in [-0.25, -0.2) is 4.98 Å². The molecular formula is C19H16N6O. The second-order valence-corrected chi connectivity index (χ2v) is 5.73. The van der Waals surface area contributed by atoms with E-state index in [0.717, 1.165) is 5.69 Å². The summed E-state index contributed by atoms with van der Waals surface area (Å²) in [7, 11) is 1.80. The van der Waals surface area contributed by atoms with Gasteiger partial charge in [-0.1, -0.05) is 12.1 Å². The Hall–Kier alpha value is -3.74. The molecule has 0 unspecified atom stereocenters. The summed E-state index contributed by atoms with van der Waals surface area (Å²) in [6.45, 7) is 0. The fourth-order valence-electron chi connectivity index (χ4n) is 2.66. The lowest BCUT2D eigenvalue weighted by molar-refractivity contribution is 0.102. The fourth-order valence-corrected chi connectivity index (χ4v) is 2.66. The maximum atomic E-state index is 12.7. The highest BCUT2D eigenvalue weighted by Gasteiger charge is 2.16. The summed E-state index contributed by atoms with van der Waals surface area (Å²) in [5.41, 5.74) is 3.78. The van der Waals surface area contributed by atoms with Crippen LogP contribution in [0.3, 0.4) is 0 Å². The van der Waals surface area contributed by atoms with Crippen molar-refractivity contribution in [3.05, 3.63) is 72.8 Å². The summed E-state index contributed by atoms with van der Waals surface area (Å²) in [5.74, 6) is -0.302. The van der Waals surface area contributed by atoms with Gasteiger partial charge in [0, 0.05) is 25.6 Å². The first-order valence-electron chi connectivity index (χ1n) is 8.08. The zero-order valence-electron chi connectivity index (χ0n) is 14.0. The van der Waals surface area contributed by atoms with E-state index >= 15 is 0 Å². The first kappa shape index (κ1) is 15.8. The Labute approximate surface area is 149 Å². The first-order valence-corrected chi connectivity index (χ1v) is 8.08. The number of hydrogen-bond donors (Lipinski definition) is 2. The monoisotopic (exact) mass is 344 g/mol. The Balaban J connectivity index is 1.63. The summed E-state index contributed by atoms with van der Waals surface area (Å²) in [5, 5.41) is 7.28. The van der Waals surface area contributed by atoms with E-state index in [9.17, 15) is 4.79 Å². The normalized spacial score (nSPS) is 10.7. The Morgan fingerprint density at radius 1 is 1.08 bits per heavy atom. The molecule has 0 aliphatic carbocycles. The number of H-pyrrole nitrogens is 1. The average molecular weight is 344 g/mol. The van der Waals surface area contributed by atoms with Crippen molar-refractivity contribution in [2.24, 2.45) is 7.05 Å². The molecule has 0 radical (unpaired) electrons. The molecule has 0 bridgehead atoms. The van der Waals surface area contributed by atoms with Crippen LogP contribution < -0.4 is 5.32 Å². The van der Waals surface area contributed by atoms with Crippen LogP contribution in [0.2, 0.25) is 0 Å². The SMILES string of the molecule is Cn1cc(NC(=O)c2cccc(-c3ccc[nH]3)n2)c(-c2ccccn2)n1. The molecule has 0 aliphatic heterocycles. The summed E-state index contributed by atoms with van der Waals surface area (Å²) in [6, 6.07) is 14.7. The first-order chi connectivity index (χ1) is 12.7. The van der Waals surface area contributed by atoms with Crippen molar-refractivity contribution < 1.29 is 4.79 Å². The third-order valence-electron chi connectivity index (χ3n) is 3.84. The molecule has 0 fully saturated rings. The molecule has 0 atom stereocenters. The third kappa shape index (κ3) is 3.10. The molecule has 1 amide bonds. The van der Waals surface area contributed by atoms with E-state index in [4.69, 9.17) is 0 Å². The van der Waals surface area contributed by atoms with E-state index in [1.165, 1.54) is 0 Å². The highest BCUT2D eigenvalue weighted by molar-refractivity contribution is 6.04. The van der Waals surface area contributed by atoms with Gasteiger partial charge in [0.2, 0.25) is 0 Å². The Morgan fingerprint density at radius 3 is 2.73 bits per heavy atom. The van der Waals surface area contributed by atoms with Crippen LogP contribution in [0.1, 0.15) is 10.5 Å². The van der Waals surface area contributed by atoms with E-state index in [1.807, 2.05) is 42.6 Å². The number of hydrogen-bond acceptors (Lipinski definition) is 4. The van der Waals surface area contributed by atoms with E-state index in [2.05, 4.69) is 25.4 Å². The van der Waals surface area contributed by atoms with Gasteiger partial charge in [-0.2, -0.15) is 5.10 Å². The zero-order valence-corrected chi connectivity index (χ0v) is 14.0. The lowest BCUT2D eigenvalue weighted by atomic mass is 10.2. The molecule has 0 aromatic carbocycles. The van der Waals surface area contributed by atoms with Crippen LogP contribution in [-0.2, 0) is 7.05 Å². The molecule has 7 heteroatoms. The predicted molar refractivity (Wildman–Crippen MR) is 98.4 cm³/mol. The number of amides is 1. The van der Waals surface area contributed by atoms with Crippen molar-refractivity contribution in [1.29, 1.82) is 0 Å². The number of carbonyl (C=O) groups excluding carboxylic acids is 1. The lowest BCUT2D eigenvalue weighted by Crippen LogP contribution is -2.14. The van der Waals surface area contributed by atoms with Gasteiger partial charge in [-0.3, -0.25) is 14.5 Å². The highest BCUT2D eigenvalue weighted by Crippen LogP contribution is 2.25. The van der Waals surface area contributed by atoms with Gasteiger partial charge in [0.25, 0.3) is 5.91 Å². The third-order valence-corrected chi connectivity index (χ3v) is 3.84. The van der Waals surface area contributed by atoms with E-state index in [0.29, 0.717) is 28.5 Å². The molecule has 0 spiro atoms. The zero-order chi connectivity index (χ0) is 17.9. The second-order valence-electron chi connectivity index (χ2n) is 5.73. The Kier molecular flexibility index (Phi) is 4.03. The van der Waals surface area contributed by atoms with Gasteiger partial charge in [0.1, 0.15) is 11.4 Å². The van der Waals surface area contributed by atoms with Crippen LogP contribution in [0.15, 0.2) is 67.1 Å². The average Bonchev–Trinajstić information content (AvgIpc) is 3.32. The second kappa shape index (κ2) is 6.64. The van der Waals surface area contributed by atoms with Crippen molar-refractivity contribution in [2.75, 3.05) is 5.32 Å². The molecule has 128 valence electrons. The number of aromatic amines is 1. The number of rotatable bonds is 4. The number of aryl methyl sites for hydroxylation is 1. The van der Waals surface area contributed by atoms with Crippen LogP contribution in [0.5, 0.6) is 0 Å². The summed E-state index contributed by atoms with van der Waals surface area (Å²) >= 11 is 0. The number of nitrogens with zero attached hydrogens (tertiary/aromatic N) is 4. The molecule has 4 aromatic heterocycles. The molecule has 4 heterocycles. The number of nitrogens with one attached hydrogen (secondary N) is 2. The molecule has 4 rings (SSSR count). The summed E-state index contributed by atoms with van der Waals surface area (Å²) in [4.78, 5) is 24.5. The van der Waals surface area contributed by atoms with Crippen LogP contribution >= 0.6 is 0 Å². The van der Waals surface area contributed by atoms with Crippen molar-refractivity contribution in [1.82, 2.24) is 24.7 Å². The quantitative estimate of drug-likeness (QED) is 0.595. The maximum Gasteiger partial charge on any atom is 0.274 e. The standard InChI is InChI=1S/C19H16N6O/c1-25-12-17(18(24-25)15-6-2-3-10-21-15)23-19(26)16-8-4-7-14(22-16)13-9-5-11-20-13/h2-12,20H,1H3,(H,23,26). The molecule has 4 aromatic rings. The van der Waals surface area contributed by atoms with Gasteiger partial charge in [-0.15, -0.1) is 0 Å². The molecule has 0 aliphatic rings. The number of carbonyl (C=O) groups is 1. The minimum absolute atomic E-state index is 0.302. The van der Waals surface area contributed by atoms with Gasteiger partial charge in [0.05, 0.1) is 22.8 Å². The van der Waals surface area contributed by atoms with Gasteiger partial charge in [-0.05, 0) is 36.4 Å². The van der Waals surface area contributed by atoms with Gasteiger partial charge >= 0.3 is 0 Å². The van der Waals surface area contributed by atoms with Crippen LogP contribution in [0.4, 0.5) is 5.69 Å². The van der Waals surface area contributed by atoms with Crippen LogP contribution in [0, 0.1) is 0 Å². The van der Waals surface area contributed by atoms with E-state index in [-0.39, 0.29) is 5.91 Å². The van der Waals surface area contributed by atoms with Gasteiger partial charge in [0.15, 0.2) is 0 Å². The maximum absolute atomic E-state index is 12.7. The minimum atomic E-state index is -0.302. The van der Waals surface area contributed by atoms with E-state index < -0.39 is 0 Å². The molecule has 2 N–H and O–H groups in total. The highest BCUT2D eigenvalue weighted by atomic mass is 16.1. The smallest absolute Gasteiger partial charge is 0.274 e. The van der Waals surface area contributed by atoms with Crippen LogP contribution in [-0.4, -0.2) is 30.6 Å². The Morgan fingerprint density at radius 2 is 1.96 bits per heavy atom. The molecule has 7 nitrogen and oxygen atoms in total. The summed E-state index contributed by atoms with van der Waals surface area (Å²) < 4.78 is 1.64. The Bertz CT molecular complexity index is 1040. The number of aromatic nitrogens is 5. The van der Waals surface area contributed by atoms with E-state index in [1.54, 1.807) is 36.3 Å². The number of anilines is 1. The topological polar surface area (TPSA) is 88.5 Å². The van der Waals surface area contributed by atoms with Crippen molar-refractivity contribution in [2.45, 2.75) is 0 Å². The van der Waals surface area contributed by atoms with Crippen molar-refractivity contribution >= 4 is 11.6 Å². The van der Waals surface area contributed by atoms with Crippen molar-refractivity contribution in [3.8, 4) is 22.8 Å².